The van der Waals surface area contributed by atoms with Gasteiger partial charge >= 0.3 is 0 Å². The average molecular weight is 394 g/mol. The number of halogens is 1. The highest BCUT2D eigenvalue weighted by molar-refractivity contribution is 9.10. The molecule has 2 rings (SSSR count). The molecule has 5 nitrogen and oxygen atoms in total. The van der Waals surface area contributed by atoms with E-state index in [4.69, 9.17) is 14.2 Å². The maximum atomic E-state index is 12.7. The summed E-state index contributed by atoms with van der Waals surface area (Å²) >= 11 is 3.42. The quantitative estimate of drug-likeness (QED) is 0.749. The lowest BCUT2D eigenvalue weighted by atomic mass is 10.1. The van der Waals surface area contributed by atoms with Gasteiger partial charge in [0, 0.05) is 18.1 Å². The monoisotopic (exact) mass is 393 g/mol. The van der Waals surface area contributed by atoms with Gasteiger partial charge in [-0.2, -0.15) is 0 Å². The smallest absolute Gasteiger partial charge is 0.255 e. The molecule has 1 amide bonds. The van der Waals surface area contributed by atoms with Crippen molar-refractivity contribution >= 4 is 21.8 Å². The van der Waals surface area contributed by atoms with Crippen LogP contribution >= 0.6 is 15.9 Å². The fourth-order valence-electron chi connectivity index (χ4n) is 2.33. The van der Waals surface area contributed by atoms with Crippen LogP contribution in [0.15, 0.2) is 40.9 Å². The highest BCUT2D eigenvalue weighted by Gasteiger charge is 2.17. The number of nitrogens with zero attached hydrogens (tertiary/aromatic N) is 1. The lowest BCUT2D eigenvalue weighted by molar-refractivity contribution is 0.0783. The zero-order valence-electron chi connectivity index (χ0n) is 14.1. The van der Waals surface area contributed by atoms with Crippen LogP contribution in [0.3, 0.4) is 0 Å². The van der Waals surface area contributed by atoms with Crippen LogP contribution in [0.4, 0.5) is 0 Å². The zero-order valence-corrected chi connectivity index (χ0v) is 15.7. The lowest BCUT2D eigenvalue weighted by Gasteiger charge is -2.19. The Morgan fingerprint density at radius 1 is 1.00 bits per heavy atom. The number of carbonyl (C=O) groups is 1. The SMILES string of the molecule is COc1ccc(Br)c(C(=O)N(C)Cc2ccc(OC)c(OC)c2)c1. The van der Waals surface area contributed by atoms with Crippen molar-refractivity contribution in [3.05, 3.63) is 52.0 Å². The summed E-state index contributed by atoms with van der Waals surface area (Å²) in [5, 5.41) is 0. The van der Waals surface area contributed by atoms with Gasteiger partial charge in [-0.05, 0) is 51.8 Å². The van der Waals surface area contributed by atoms with Crippen LogP contribution in [0.25, 0.3) is 0 Å². The van der Waals surface area contributed by atoms with Gasteiger partial charge in [0.05, 0.1) is 26.9 Å². The molecule has 0 N–H and O–H groups in total. The maximum absolute atomic E-state index is 12.7. The molecule has 0 unspecified atom stereocenters. The summed E-state index contributed by atoms with van der Waals surface area (Å²) in [6.45, 7) is 0.447. The van der Waals surface area contributed by atoms with Gasteiger partial charge < -0.3 is 19.1 Å². The van der Waals surface area contributed by atoms with E-state index in [1.165, 1.54) is 0 Å². The second kappa shape index (κ2) is 8.06. The number of hydrogen-bond donors (Lipinski definition) is 0. The first-order valence-corrected chi connectivity index (χ1v) is 8.09. The summed E-state index contributed by atoms with van der Waals surface area (Å²) in [4.78, 5) is 14.3. The predicted octanol–water partition coefficient (Wildman–Crippen LogP) is 3.75. The summed E-state index contributed by atoms with van der Waals surface area (Å²) in [7, 11) is 6.51. The number of benzene rings is 2. The van der Waals surface area contributed by atoms with Gasteiger partial charge in [0.1, 0.15) is 5.75 Å². The van der Waals surface area contributed by atoms with Crippen LogP contribution in [0.1, 0.15) is 15.9 Å². The van der Waals surface area contributed by atoms with E-state index in [2.05, 4.69) is 15.9 Å². The zero-order chi connectivity index (χ0) is 17.7. The Hall–Kier alpha value is -2.21. The molecule has 0 aliphatic heterocycles. The van der Waals surface area contributed by atoms with E-state index in [-0.39, 0.29) is 5.91 Å². The van der Waals surface area contributed by atoms with Crippen LogP contribution in [0.2, 0.25) is 0 Å². The molecular formula is C18H20BrNO4. The molecule has 2 aromatic rings. The minimum Gasteiger partial charge on any atom is -0.497 e. The van der Waals surface area contributed by atoms with E-state index in [9.17, 15) is 4.79 Å². The Kier molecular flexibility index (Phi) is 6.09. The molecule has 0 atom stereocenters. The number of carbonyl (C=O) groups excluding carboxylic acids is 1. The lowest BCUT2D eigenvalue weighted by Crippen LogP contribution is -2.26. The third-order valence-corrected chi connectivity index (χ3v) is 4.31. The fraction of sp³-hybridized carbons (Fsp3) is 0.278. The summed E-state index contributed by atoms with van der Waals surface area (Å²) in [5.41, 5.74) is 1.50. The molecule has 0 aliphatic carbocycles. The van der Waals surface area contributed by atoms with Crippen molar-refractivity contribution in [2.24, 2.45) is 0 Å². The maximum Gasteiger partial charge on any atom is 0.255 e. The first-order chi connectivity index (χ1) is 11.5. The molecule has 0 heterocycles. The topological polar surface area (TPSA) is 48.0 Å². The van der Waals surface area contributed by atoms with Gasteiger partial charge in [0.15, 0.2) is 11.5 Å². The Morgan fingerprint density at radius 2 is 1.71 bits per heavy atom. The molecule has 0 fully saturated rings. The summed E-state index contributed by atoms with van der Waals surface area (Å²) in [6, 6.07) is 10.9. The van der Waals surface area contributed by atoms with Crippen LogP contribution in [0.5, 0.6) is 17.2 Å². The van der Waals surface area contributed by atoms with Crippen LogP contribution in [0, 0.1) is 0 Å². The highest BCUT2D eigenvalue weighted by Crippen LogP contribution is 2.28. The molecule has 2 aromatic carbocycles. The van der Waals surface area contributed by atoms with Crippen molar-refractivity contribution in [2.75, 3.05) is 28.4 Å². The van der Waals surface area contributed by atoms with Crippen molar-refractivity contribution in [2.45, 2.75) is 6.54 Å². The minimum absolute atomic E-state index is 0.101. The Morgan fingerprint density at radius 3 is 2.33 bits per heavy atom. The van der Waals surface area contributed by atoms with E-state index in [0.717, 1.165) is 10.0 Å². The number of amides is 1. The second-order valence-corrected chi connectivity index (χ2v) is 6.05. The number of methoxy groups -OCH3 is 3. The fourth-order valence-corrected chi connectivity index (χ4v) is 2.74. The van der Waals surface area contributed by atoms with Gasteiger partial charge in [0.2, 0.25) is 0 Å². The Balaban J connectivity index is 2.20. The third-order valence-electron chi connectivity index (χ3n) is 3.62. The van der Waals surface area contributed by atoms with Gasteiger partial charge in [-0.1, -0.05) is 6.07 Å². The minimum atomic E-state index is -0.101. The van der Waals surface area contributed by atoms with E-state index >= 15 is 0 Å². The number of rotatable bonds is 6. The first-order valence-electron chi connectivity index (χ1n) is 7.30. The molecule has 24 heavy (non-hydrogen) atoms. The number of hydrogen-bond acceptors (Lipinski definition) is 4. The Labute approximate surface area is 150 Å². The van der Waals surface area contributed by atoms with Crippen LogP contribution in [-0.2, 0) is 6.54 Å². The van der Waals surface area contributed by atoms with Crippen LogP contribution in [-0.4, -0.2) is 39.2 Å². The average Bonchev–Trinajstić information content (AvgIpc) is 2.61. The second-order valence-electron chi connectivity index (χ2n) is 5.20. The first kappa shape index (κ1) is 18.1. The summed E-state index contributed by atoms with van der Waals surface area (Å²) in [6.07, 6.45) is 0. The third kappa shape index (κ3) is 4.00. The molecule has 0 spiro atoms. The van der Waals surface area contributed by atoms with Crippen molar-refractivity contribution < 1.29 is 19.0 Å². The van der Waals surface area contributed by atoms with Crippen LogP contribution < -0.4 is 14.2 Å². The standard InChI is InChI=1S/C18H20BrNO4/c1-20(11-12-5-8-16(23-3)17(9-12)24-4)18(21)14-10-13(22-2)6-7-15(14)19/h5-10H,11H2,1-4H3. The number of ether oxygens (including phenoxy) is 3. The predicted molar refractivity (Wildman–Crippen MR) is 96.0 cm³/mol. The molecule has 0 aliphatic rings. The molecule has 6 heteroatoms. The Bertz CT molecular complexity index is 733. The molecule has 0 saturated heterocycles. The van der Waals surface area contributed by atoms with Gasteiger partial charge in [-0.15, -0.1) is 0 Å². The molecule has 0 saturated carbocycles. The summed E-state index contributed by atoms with van der Waals surface area (Å²) < 4.78 is 16.5. The van der Waals surface area contributed by atoms with Gasteiger partial charge in [-0.25, -0.2) is 0 Å². The van der Waals surface area contributed by atoms with Crippen molar-refractivity contribution in [1.82, 2.24) is 4.90 Å². The van der Waals surface area contributed by atoms with Gasteiger partial charge in [-0.3, -0.25) is 4.79 Å². The molecule has 0 aromatic heterocycles. The van der Waals surface area contributed by atoms with Crippen molar-refractivity contribution in [1.29, 1.82) is 0 Å². The molecule has 0 radical (unpaired) electrons. The molecule has 128 valence electrons. The van der Waals surface area contributed by atoms with Crippen molar-refractivity contribution in [3.8, 4) is 17.2 Å². The summed E-state index contributed by atoms with van der Waals surface area (Å²) in [5.74, 6) is 1.83. The van der Waals surface area contributed by atoms with E-state index in [0.29, 0.717) is 29.4 Å². The van der Waals surface area contributed by atoms with Crippen molar-refractivity contribution in [3.63, 3.8) is 0 Å². The largest absolute Gasteiger partial charge is 0.497 e. The molecule has 0 bridgehead atoms. The van der Waals surface area contributed by atoms with E-state index in [1.807, 2.05) is 18.2 Å². The van der Waals surface area contributed by atoms with Gasteiger partial charge in [0.25, 0.3) is 5.91 Å². The highest BCUT2D eigenvalue weighted by atomic mass is 79.9. The molecular weight excluding hydrogens is 374 g/mol. The van der Waals surface area contributed by atoms with E-state index in [1.54, 1.807) is 51.5 Å². The van der Waals surface area contributed by atoms with E-state index < -0.39 is 0 Å². The normalized spacial score (nSPS) is 10.2.